The van der Waals surface area contributed by atoms with E-state index in [-0.39, 0.29) is 17.3 Å². The Bertz CT molecular complexity index is 1410. The molecule has 16 heteroatoms. The fourth-order valence-corrected chi connectivity index (χ4v) is 6.03. The SMILES string of the molecule is CCN(CC)c1nc(N)nc2c1ncn2[C@@H]1O[C@H](COP(=O)(N[C@@H](C)C(=O)OC)Oc2ccccc2)[C@@H](O)C1(C)F. The van der Waals surface area contributed by atoms with Crippen molar-refractivity contribution >= 4 is 36.6 Å². The molecule has 224 valence electrons. The first-order valence-corrected chi connectivity index (χ1v) is 14.6. The molecule has 0 saturated carbocycles. The van der Waals surface area contributed by atoms with Gasteiger partial charge in [0.2, 0.25) is 5.95 Å². The van der Waals surface area contributed by atoms with Crippen molar-refractivity contribution in [1.82, 2.24) is 24.6 Å². The van der Waals surface area contributed by atoms with Crippen molar-refractivity contribution in [3.8, 4) is 5.75 Å². The van der Waals surface area contributed by atoms with Gasteiger partial charge in [-0.2, -0.15) is 15.1 Å². The predicted molar refractivity (Wildman–Crippen MR) is 148 cm³/mol. The van der Waals surface area contributed by atoms with Gasteiger partial charge < -0.3 is 29.7 Å². The number of methoxy groups -OCH3 is 1. The Morgan fingerprint density at radius 2 is 2.00 bits per heavy atom. The second-order valence-electron chi connectivity index (χ2n) is 9.60. The average Bonchev–Trinajstić information content (AvgIpc) is 3.45. The maximum Gasteiger partial charge on any atom is 0.459 e. The lowest BCUT2D eigenvalue weighted by atomic mass is 9.98. The summed E-state index contributed by atoms with van der Waals surface area (Å²) in [6, 6.07) is 7.05. The van der Waals surface area contributed by atoms with E-state index >= 15 is 4.39 Å². The number of ether oxygens (including phenoxy) is 2. The second-order valence-corrected chi connectivity index (χ2v) is 11.3. The Kier molecular flexibility index (Phi) is 9.14. The van der Waals surface area contributed by atoms with Gasteiger partial charge in [-0.3, -0.25) is 13.9 Å². The number of nitrogens with two attached hydrogens (primary N) is 1. The number of esters is 1. The molecule has 14 nitrogen and oxygen atoms in total. The van der Waals surface area contributed by atoms with E-state index in [1.807, 2.05) is 18.7 Å². The minimum Gasteiger partial charge on any atom is -0.468 e. The number of aromatic nitrogens is 4. The first-order chi connectivity index (χ1) is 19.4. The molecule has 4 rings (SSSR count). The summed E-state index contributed by atoms with van der Waals surface area (Å²) in [5.41, 5.74) is 4.22. The zero-order chi connectivity index (χ0) is 29.9. The van der Waals surface area contributed by atoms with Crippen LogP contribution >= 0.6 is 7.75 Å². The molecule has 1 aromatic carbocycles. The summed E-state index contributed by atoms with van der Waals surface area (Å²) >= 11 is 0. The highest BCUT2D eigenvalue weighted by atomic mass is 31.2. The van der Waals surface area contributed by atoms with Crippen LogP contribution < -0.4 is 20.2 Å². The summed E-state index contributed by atoms with van der Waals surface area (Å²) in [5.74, 6) is -0.0750. The number of nitrogens with one attached hydrogen (secondary N) is 1. The van der Waals surface area contributed by atoms with Crippen LogP contribution in [0.1, 0.15) is 33.9 Å². The fourth-order valence-electron chi connectivity index (χ4n) is 4.53. The molecule has 3 aromatic rings. The number of carbonyl (C=O) groups is 1. The van der Waals surface area contributed by atoms with Crippen LogP contribution in [-0.4, -0.2) is 81.3 Å². The van der Waals surface area contributed by atoms with Crippen LogP contribution in [0.2, 0.25) is 0 Å². The lowest BCUT2D eigenvalue weighted by molar-refractivity contribution is -0.142. The van der Waals surface area contributed by atoms with E-state index in [0.29, 0.717) is 24.4 Å². The molecule has 2 unspecified atom stereocenters. The Labute approximate surface area is 236 Å². The molecule has 0 radical (unpaired) electrons. The molecule has 4 N–H and O–H groups in total. The van der Waals surface area contributed by atoms with Crippen molar-refractivity contribution in [2.75, 3.05) is 37.4 Å². The van der Waals surface area contributed by atoms with E-state index in [9.17, 15) is 14.5 Å². The van der Waals surface area contributed by atoms with E-state index in [4.69, 9.17) is 19.5 Å². The molecule has 1 aliphatic heterocycles. The third kappa shape index (κ3) is 6.28. The average molecular weight is 596 g/mol. The number of hydrogen-bond acceptors (Lipinski definition) is 12. The summed E-state index contributed by atoms with van der Waals surface area (Å²) in [7, 11) is -3.08. The fraction of sp³-hybridized carbons (Fsp3) is 0.520. The Hall–Kier alpha value is -3.36. The summed E-state index contributed by atoms with van der Waals surface area (Å²) in [4.78, 5) is 26.9. The molecule has 1 saturated heterocycles. The largest absolute Gasteiger partial charge is 0.468 e. The molecular formula is C25H35FN7O7P. The number of anilines is 2. The van der Waals surface area contributed by atoms with Crippen LogP contribution in [0.25, 0.3) is 11.2 Å². The summed E-state index contributed by atoms with van der Waals surface area (Å²) in [6.07, 6.45) is -3.06. The number of alkyl halides is 1. The van der Waals surface area contributed by atoms with Crippen LogP contribution in [0, 0.1) is 0 Å². The smallest absolute Gasteiger partial charge is 0.459 e. The number of halogens is 1. The number of nitrogen functional groups attached to an aromatic ring is 1. The minimum atomic E-state index is -4.26. The molecule has 0 aliphatic carbocycles. The summed E-state index contributed by atoms with van der Waals surface area (Å²) in [6.45, 7) is 7.17. The molecule has 2 aromatic heterocycles. The van der Waals surface area contributed by atoms with E-state index in [0.717, 1.165) is 0 Å². The molecule has 0 amide bonds. The van der Waals surface area contributed by atoms with Gasteiger partial charge in [-0.15, -0.1) is 0 Å². The van der Waals surface area contributed by atoms with E-state index in [1.165, 1.54) is 31.9 Å². The van der Waals surface area contributed by atoms with Gasteiger partial charge in [-0.1, -0.05) is 18.2 Å². The zero-order valence-corrected chi connectivity index (χ0v) is 24.3. The van der Waals surface area contributed by atoms with Crippen LogP contribution in [0.5, 0.6) is 5.75 Å². The number of aliphatic hydroxyl groups is 1. The molecule has 6 atom stereocenters. The molecule has 0 bridgehead atoms. The number of carbonyl (C=O) groups excluding carboxylic acids is 1. The predicted octanol–water partition coefficient (Wildman–Crippen LogP) is 2.60. The highest BCUT2D eigenvalue weighted by Gasteiger charge is 2.56. The highest BCUT2D eigenvalue weighted by molar-refractivity contribution is 7.52. The second kappa shape index (κ2) is 12.2. The summed E-state index contributed by atoms with van der Waals surface area (Å²) in [5, 5.41) is 13.4. The maximum absolute atomic E-state index is 16.1. The van der Waals surface area contributed by atoms with E-state index in [1.54, 1.807) is 30.3 Å². The monoisotopic (exact) mass is 595 g/mol. The summed E-state index contributed by atoms with van der Waals surface area (Å²) < 4.78 is 52.9. The van der Waals surface area contributed by atoms with Gasteiger partial charge in [-0.05, 0) is 39.8 Å². The quantitative estimate of drug-likeness (QED) is 0.206. The Morgan fingerprint density at radius 3 is 2.63 bits per heavy atom. The van der Waals surface area contributed by atoms with Crippen LogP contribution in [0.3, 0.4) is 0 Å². The minimum absolute atomic E-state index is 0.0371. The molecular weight excluding hydrogens is 560 g/mol. The lowest BCUT2D eigenvalue weighted by Crippen LogP contribution is -2.41. The van der Waals surface area contributed by atoms with Gasteiger partial charge in [0, 0.05) is 13.1 Å². The van der Waals surface area contributed by atoms with Crippen molar-refractivity contribution < 1.29 is 37.4 Å². The van der Waals surface area contributed by atoms with Gasteiger partial charge in [0.1, 0.15) is 24.0 Å². The number of fused-ring (bicyclic) bond motifs is 1. The maximum atomic E-state index is 16.1. The Morgan fingerprint density at radius 1 is 1.32 bits per heavy atom. The highest BCUT2D eigenvalue weighted by Crippen LogP contribution is 2.48. The van der Waals surface area contributed by atoms with Crippen LogP contribution in [0.4, 0.5) is 16.2 Å². The molecule has 1 aliphatic rings. The molecule has 1 fully saturated rings. The standard InChI is InChI=1S/C25H35FN7O7P/c1-6-32(7-2)20-18-21(30-24(27)29-20)33(14-28-18)23-25(4,26)19(34)17(39-23)13-38-41(36,31-15(3)22(35)37-5)40-16-11-9-8-10-12-16/h8-12,14-15,17,19,23,34H,6-7,13H2,1-5H3,(H,31,36)(H2,27,29,30)/t15-,17+,19+,23+,25?,41?/m0/s1. The van der Waals surface area contributed by atoms with Crippen LogP contribution in [-0.2, 0) is 23.4 Å². The number of imidazole rings is 1. The van der Waals surface area contributed by atoms with Crippen molar-refractivity contribution in [3.63, 3.8) is 0 Å². The zero-order valence-electron chi connectivity index (χ0n) is 23.4. The molecule has 41 heavy (non-hydrogen) atoms. The number of hydrogen-bond donors (Lipinski definition) is 3. The first-order valence-electron chi connectivity index (χ1n) is 13.1. The van der Waals surface area contributed by atoms with Crippen molar-refractivity contribution in [3.05, 3.63) is 36.7 Å². The van der Waals surface area contributed by atoms with Gasteiger partial charge >= 0.3 is 13.7 Å². The van der Waals surface area contributed by atoms with Gasteiger partial charge in [0.05, 0.1) is 20.0 Å². The third-order valence-electron chi connectivity index (χ3n) is 6.74. The van der Waals surface area contributed by atoms with Crippen LogP contribution in [0.15, 0.2) is 36.7 Å². The normalized spacial score (nSPS) is 24.6. The van der Waals surface area contributed by atoms with Crippen molar-refractivity contribution in [1.29, 1.82) is 0 Å². The number of aliphatic hydroxyl groups excluding tert-OH is 1. The van der Waals surface area contributed by atoms with Crippen molar-refractivity contribution in [2.45, 2.75) is 57.8 Å². The van der Waals surface area contributed by atoms with Gasteiger partial charge in [-0.25, -0.2) is 13.9 Å². The lowest BCUT2D eigenvalue weighted by Gasteiger charge is -2.25. The first kappa shape index (κ1) is 30.6. The van der Waals surface area contributed by atoms with Gasteiger partial charge in [0.15, 0.2) is 28.9 Å². The molecule has 3 heterocycles. The van der Waals surface area contributed by atoms with E-state index < -0.39 is 50.5 Å². The number of rotatable bonds is 12. The van der Waals surface area contributed by atoms with Crippen molar-refractivity contribution in [2.24, 2.45) is 0 Å². The number of nitrogens with zero attached hydrogens (tertiary/aromatic N) is 5. The third-order valence-corrected chi connectivity index (χ3v) is 8.38. The molecule has 0 spiro atoms. The van der Waals surface area contributed by atoms with Gasteiger partial charge in [0.25, 0.3) is 0 Å². The number of para-hydroxylation sites is 1. The number of benzene rings is 1. The van der Waals surface area contributed by atoms with E-state index in [2.05, 4.69) is 24.8 Å². The topological polar surface area (TPSA) is 176 Å². The Balaban J connectivity index is 1.60.